The summed E-state index contributed by atoms with van der Waals surface area (Å²) in [7, 11) is 0. The van der Waals surface area contributed by atoms with E-state index in [0.717, 1.165) is 35.1 Å². The Morgan fingerprint density at radius 3 is 2.83 bits per heavy atom. The summed E-state index contributed by atoms with van der Waals surface area (Å²) in [4.78, 5) is 17.6. The van der Waals surface area contributed by atoms with E-state index in [1.807, 2.05) is 11.6 Å². The highest BCUT2D eigenvalue weighted by atomic mass is 35.5. The maximum absolute atomic E-state index is 13.1. The minimum Gasteiger partial charge on any atom is -0.381 e. The maximum Gasteiger partial charge on any atom is 0.255 e. The number of hydrogen-bond donors (Lipinski definition) is 2. The highest BCUT2D eigenvalue weighted by Crippen LogP contribution is 2.28. The van der Waals surface area contributed by atoms with Crippen molar-refractivity contribution in [3.05, 3.63) is 51.8 Å². The van der Waals surface area contributed by atoms with E-state index < -0.39 is 0 Å². The summed E-state index contributed by atoms with van der Waals surface area (Å²) in [5.41, 5.74) is 2.73. The number of anilines is 1. The van der Waals surface area contributed by atoms with Crippen molar-refractivity contribution in [3.8, 4) is 0 Å². The van der Waals surface area contributed by atoms with Gasteiger partial charge in [-0.3, -0.25) is 4.79 Å². The number of amides is 1. The molecular weight excluding hydrogens is 425 g/mol. The summed E-state index contributed by atoms with van der Waals surface area (Å²) in [5.74, 6) is -0.237. The topological polar surface area (TPSA) is 81.1 Å². The highest BCUT2D eigenvalue weighted by Gasteiger charge is 2.22. The smallest absolute Gasteiger partial charge is 0.255 e. The van der Waals surface area contributed by atoms with Gasteiger partial charge >= 0.3 is 0 Å². The molecule has 0 saturated carbocycles. The molecule has 158 valence electrons. The highest BCUT2D eigenvalue weighted by molar-refractivity contribution is 6.33. The third-order valence-electron chi connectivity index (χ3n) is 5.23. The van der Waals surface area contributed by atoms with Crippen LogP contribution in [0.2, 0.25) is 10.0 Å². The van der Waals surface area contributed by atoms with Crippen molar-refractivity contribution in [3.63, 3.8) is 0 Å². The number of nitrogens with zero attached hydrogens (tertiary/aromatic N) is 3. The van der Waals surface area contributed by atoms with Gasteiger partial charge in [0.25, 0.3) is 5.91 Å². The lowest BCUT2D eigenvalue weighted by Crippen LogP contribution is -2.30. The quantitative estimate of drug-likeness (QED) is 0.589. The first-order valence-corrected chi connectivity index (χ1v) is 10.7. The van der Waals surface area contributed by atoms with Crippen molar-refractivity contribution >= 4 is 45.8 Å². The summed E-state index contributed by atoms with van der Waals surface area (Å²) in [6.45, 7) is 4.38. The summed E-state index contributed by atoms with van der Waals surface area (Å²) in [6, 6.07) is 5.41. The number of aromatic nitrogens is 3. The Labute approximate surface area is 184 Å². The third-order valence-corrected chi connectivity index (χ3v) is 5.83. The molecule has 0 unspecified atom stereocenters. The number of carbonyl (C=O) groups is 1. The zero-order valence-corrected chi connectivity index (χ0v) is 18.1. The van der Waals surface area contributed by atoms with Crippen LogP contribution in [0, 0.1) is 0 Å². The number of pyridine rings is 1. The van der Waals surface area contributed by atoms with Crippen LogP contribution in [0.25, 0.3) is 11.0 Å². The summed E-state index contributed by atoms with van der Waals surface area (Å²) < 4.78 is 7.28. The molecule has 0 atom stereocenters. The average molecular weight is 448 g/mol. The molecular formula is C21H23Cl2N5O2. The van der Waals surface area contributed by atoms with Crippen LogP contribution in [-0.2, 0) is 17.8 Å². The molecule has 1 aromatic carbocycles. The number of ether oxygens (including phenoxy) is 1. The van der Waals surface area contributed by atoms with Crippen molar-refractivity contribution < 1.29 is 9.53 Å². The first-order valence-electron chi connectivity index (χ1n) is 9.97. The van der Waals surface area contributed by atoms with E-state index in [1.54, 1.807) is 30.6 Å². The normalized spacial score (nSPS) is 14.8. The van der Waals surface area contributed by atoms with Crippen LogP contribution in [0.3, 0.4) is 0 Å². The molecule has 9 heteroatoms. The van der Waals surface area contributed by atoms with Gasteiger partial charge in [0, 0.05) is 48.6 Å². The van der Waals surface area contributed by atoms with Crippen LogP contribution in [0.5, 0.6) is 0 Å². The van der Waals surface area contributed by atoms with Gasteiger partial charge in [0.1, 0.15) is 0 Å². The van der Waals surface area contributed by atoms with Gasteiger partial charge in [-0.25, -0.2) is 9.67 Å². The second kappa shape index (κ2) is 9.20. The molecule has 1 saturated heterocycles. The number of nitrogens with one attached hydrogen (secondary N) is 2. The van der Waals surface area contributed by atoms with Crippen LogP contribution < -0.4 is 10.6 Å². The molecule has 2 N–H and O–H groups in total. The first-order chi connectivity index (χ1) is 14.6. The molecule has 1 amide bonds. The number of benzene rings is 1. The second-order valence-electron chi connectivity index (χ2n) is 7.19. The maximum atomic E-state index is 13.1. The predicted octanol–water partition coefficient (Wildman–Crippen LogP) is 4.28. The van der Waals surface area contributed by atoms with Crippen molar-refractivity contribution in [2.45, 2.75) is 38.9 Å². The van der Waals surface area contributed by atoms with Crippen molar-refractivity contribution in [1.82, 2.24) is 20.1 Å². The molecule has 0 aliphatic carbocycles. The van der Waals surface area contributed by atoms with Gasteiger partial charge in [-0.05, 0) is 43.5 Å². The fourth-order valence-corrected chi connectivity index (χ4v) is 3.96. The fourth-order valence-electron chi connectivity index (χ4n) is 3.58. The summed E-state index contributed by atoms with van der Waals surface area (Å²) >= 11 is 12.3. The number of fused-ring (bicyclic) bond motifs is 1. The molecule has 1 aliphatic heterocycles. The fraction of sp³-hybridized carbons (Fsp3) is 0.381. The molecule has 7 nitrogen and oxygen atoms in total. The van der Waals surface area contributed by atoms with E-state index in [2.05, 4.69) is 20.7 Å². The molecule has 1 aliphatic rings. The minimum absolute atomic E-state index is 0.225. The predicted molar refractivity (Wildman–Crippen MR) is 118 cm³/mol. The molecule has 3 heterocycles. The van der Waals surface area contributed by atoms with E-state index in [9.17, 15) is 4.79 Å². The number of halogens is 2. The van der Waals surface area contributed by atoms with Crippen LogP contribution in [-0.4, -0.2) is 39.9 Å². The Hall–Kier alpha value is -2.35. The Bertz CT molecular complexity index is 1060. The number of carbonyl (C=O) groups excluding carboxylic acids is 1. The Morgan fingerprint density at radius 2 is 2.07 bits per heavy atom. The summed E-state index contributed by atoms with van der Waals surface area (Å²) in [6.07, 6.45) is 5.13. The van der Waals surface area contributed by atoms with Crippen molar-refractivity contribution in [1.29, 1.82) is 0 Å². The molecule has 1 fully saturated rings. The van der Waals surface area contributed by atoms with Gasteiger partial charge in [-0.15, -0.1) is 0 Å². The lowest BCUT2D eigenvalue weighted by Gasteiger charge is -2.25. The third kappa shape index (κ3) is 4.38. The minimum atomic E-state index is -0.237. The first kappa shape index (κ1) is 20.9. The summed E-state index contributed by atoms with van der Waals surface area (Å²) in [5, 5.41) is 12.8. The number of aryl methyl sites for hydroxylation is 1. The van der Waals surface area contributed by atoms with E-state index in [4.69, 9.17) is 27.9 Å². The van der Waals surface area contributed by atoms with E-state index >= 15 is 0 Å². The van der Waals surface area contributed by atoms with Gasteiger partial charge < -0.3 is 15.4 Å². The molecule has 0 spiro atoms. The van der Waals surface area contributed by atoms with Crippen molar-refractivity contribution in [2.24, 2.45) is 0 Å². The Kier molecular flexibility index (Phi) is 6.41. The van der Waals surface area contributed by atoms with Gasteiger partial charge in [0.2, 0.25) is 0 Å². The molecule has 4 rings (SSSR count). The molecule has 0 radical (unpaired) electrons. The molecule has 2 aromatic heterocycles. The van der Waals surface area contributed by atoms with Crippen LogP contribution >= 0.6 is 23.2 Å². The Morgan fingerprint density at radius 1 is 1.27 bits per heavy atom. The zero-order chi connectivity index (χ0) is 21.1. The van der Waals surface area contributed by atoms with Crippen LogP contribution in [0.1, 0.15) is 35.7 Å². The second-order valence-corrected chi connectivity index (χ2v) is 8.04. The molecule has 0 bridgehead atoms. The average Bonchev–Trinajstić information content (AvgIpc) is 3.19. The van der Waals surface area contributed by atoms with E-state index in [0.29, 0.717) is 35.4 Å². The SMILES string of the molecule is CCn1ncc2c(NC3CCOCC3)c(C(=O)NCc3cc(Cl)ccc3Cl)cnc21. The zero-order valence-electron chi connectivity index (χ0n) is 16.6. The Balaban J connectivity index is 1.63. The van der Waals surface area contributed by atoms with Gasteiger partial charge in [-0.1, -0.05) is 23.2 Å². The van der Waals surface area contributed by atoms with Crippen LogP contribution in [0.15, 0.2) is 30.6 Å². The molecule has 30 heavy (non-hydrogen) atoms. The molecule has 3 aromatic rings. The van der Waals surface area contributed by atoms with Crippen LogP contribution in [0.4, 0.5) is 5.69 Å². The monoisotopic (exact) mass is 447 g/mol. The van der Waals surface area contributed by atoms with Gasteiger partial charge in [0.05, 0.1) is 22.8 Å². The largest absolute Gasteiger partial charge is 0.381 e. The van der Waals surface area contributed by atoms with E-state index in [1.165, 1.54) is 0 Å². The lowest BCUT2D eigenvalue weighted by molar-refractivity contribution is 0.0904. The van der Waals surface area contributed by atoms with Gasteiger partial charge in [0.15, 0.2) is 5.65 Å². The lowest BCUT2D eigenvalue weighted by atomic mass is 10.1. The number of rotatable bonds is 6. The number of hydrogen-bond acceptors (Lipinski definition) is 5. The van der Waals surface area contributed by atoms with Gasteiger partial charge in [-0.2, -0.15) is 5.10 Å². The van der Waals surface area contributed by atoms with Crippen molar-refractivity contribution in [2.75, 3.05) is 18.5 Å². The standard InChI is InChI=1S/C21H23Cl2N5O2/c1-2-28-20-16(12-26-28)19(27-15-5-7-30-8-6-15)17(11-24-20)21(29)25-10-13-9-14(22)3-4-18(13)23/h3-4,9,11-12,15H,2,5-8,10H2,1H3,(H,24,27)(H,25,29). The van der Waals surface area contributed by atoms with E-state index in [-0.39, 0.29) is 18.5 Å².